The van der Waals surface area contributed by atoms with Crippen LogP contribution in [0.3, 0.4) is 0 Å². The van der Waals surface area contributed by atoms with Crippen molar-refractivity contribution in [2.24, 2.45) is 5.92 Å². The van der Waals surface area contributed by atoms with Crippen LogP contribution < -0.4 is 10.9 Å². The molecule has 1 aliphatic rings. The molecule has 1 aliphatic heterocycles. The van der Waals surface area contributed by atoms with E-state index in [2.05, 4.69) is 25.6 Å². The van der Waals surface area contributed by atoms with Crippen molar-refractivity contribution in [3.05, 3.63) is 106 Å². The number of anilines is 1. The van der Waals surface area contributed by atoms with Gasteiger partial charge >= 0.3 is 12.1 Å². The summed E-state index contributed by atoms with van der Waals surface area (Å²) in [5.74, 6) is -3.44. The minimum absolute atomic E-state index is 0.125. The number of hydrogen-bond donors (Lipinski definition) is 2. The summed E-state index contributed by atoms with van der Waals surface area (Å²) < 4.78 is 61.7. The van der Waals surface area contributed by atoms with Crippen molar-refractivity contribution in [2.45, 2.75) is 44.8 Å². The number of nitrogens with zero attached hydrogens (tertiary/aromatic N) is 7. The van der Waals surface area contributed by atoms with Crippen LogP contribution in [0.25, 0.3) is 28.1 Å². The molecule has 2 N–H and O–H groups in total. The Bertz CT molecular complexity index is 2230. The van der Waals surface area contributed by atoms with Gasteiger partial charge in [0.15, 0.2) is 5.69 Å². The van der Waals surface area contributed by atoms with Crippen LogP contribution in [0.1, 0.15) is 55.6 Å². The molecule has 1 amide bonds. The number of carboxylic acid groups (broad SMARTS) is 1. The maximum atomic E-state index is 13.7. The Labute approximate surface area is 296 Å². The molecule has 5 aromatic rings. The molecule has 0 radical (unpaired) electrons. The lowest BCUT2D eigenvalue weighted by molar-refractivity contribution is -0.192. The molecule has 0 saturated heterocycles. The van der Waals surface area contributed by atoms with Gasteiger partial charge in [0.25, 0.3) is 12.0 Å². The predicted molar refractivity (Wildman–Crippen MR) is 177 cm³/mol. The molecule has 18 heteroatoms. The van der Waals surface area contributed by atoms with Crippen LogP contribution in [0.15, 0.2) is 78.1 Å². The van der Waals surface area contributed by atoms with E-state index >= 15 is 0 Å². The van der Waals surface area contributed by atoms with E-state index in [1.807, 2.05) is 6.07 Å². The minimum atomic E-state index is -5.08. The Morgan fingerprint density at radius 2 is 1.81 bits per heavy atom. The van der Waals surface area contributed by atoms with Crippen LogP contribution in [0.4, 0.5) is 27.6 Å². The summed E-state index contributed by atoms with van der Waals surface area (Å²) >= 11 is 6.30. The predicted octanol–water partition coefficient (Wildman–Crippen LogP) is 7.00. The van der Waals surface area contributed by atoms with E-state index in [1.165, 1.54) is 40.0 Å². The summed E-state index contributed by atoms with van der Waals surface area (Å²) in [5.41, 5.74) is 3.04. The molecular weight excluding hydrogens is 715 g/mol. The summed E-state index contributed by atoms with van der Waals surface area (Å²) in [6, 6.07) is 15.5. The van der Waals surface area contributed by atoms with Gasteiger partial charge in [0.2, 0.25) is 5.91 Å². The van der Waals surface area contributed by atoms with Crippen LogP contribution in [-0.4, -0.2) is 52.7 Å². The smallest absolute Gasteiger partial charge is 0.475 e. The number of nitriles is 1. The lowest BCUT2D eigenvalue weighted by Crippen LogP contribution is -2.27. The molecule has 0 aliphatic carbocycles. The zero-order chi connectivity index (χ0) is 37.7. The maximum Gasteiger partial charge on any atom is 0.490 e. The number of carbonyl (C=O) groups is 2. The molecule has 12 nitrogen and oxygen atoms in total. The fourth-order valence-corrected chi connectivity index (χ4v) is 5.59. The Morgan fingerprint density at radius 1 is 1.06 bits per heavy atom. The van der Waals surface area contributed by atoms with Crippen LogP contribution in [0.5, 0.6) is 0 Å². The maximum absolute atomic E-state index is 13.7. The van der Waals surface area contributed by atoms with Crippen molar-refractivity contribution >= 4 is 29.2 Å². The Kier molecular flexibility index (Phi) is 11.1. The molecule has 3 aromatic heterocycles. The zero-order valence-corrected chi connectivity index (χ0v) is 27.6. The number of pyridine rings is 1. The number of carbonyl (C=O) groups excluding carboxylic acids is 1. The van der Waals surface area contributed by atoms with Gasteiger partial charge in [-0.25, -0.2) is 23.2 Å². The molecule has 268 valence electrons. The highest BCUT2D eigenvalue weighted by atomic mass is 35.5. The summed E-state index contributed by atoms with van der Waals surface area (Å²) in [7, 11) is 0. The highest BCUT2D eigenvalue weighted by molar-refractivity contribution is 6.31. The van der Waals surface area contributed by atoms with Crippen LogP contribution >= 0.6 is 11.6 Å². The first-order valence-corrected chi connectivity index (χ1v) is 15.7. The Morgan fingerprint density at radius 3 is 2.46 bits per heavy atom. The first kappa shape index (κ1) is 37.2. The molecule has 0 spiro atoms. The molecule has 6 rings (SSSR count). The molecule has 2 atom stereocenters. The topological polar surface area (TPSA) is 169 Å². The molecule has 0 unspecified atom stereocenters. The van der Waals surface area contributed by atoms with Gasteiger partial charge in [-0.2, -0.15) is 18.4 Å². The molecule has 2 aromatic carbocycles. The molecule has 0 saturated carbocycles. The van der Waals surface area contributed by atoms with Gasteiger partial charge in [0.05, 0.1) is 35.6 Å². The fourth-order valence-electron chi connectivity index (χ4n) is 5.42. The summed E-state index contributed by atoms with van der Waals surface area (Å²) in [6.07, 6.45) is -1.70. The standard InChI is InChI=1S/C32H25ClF2N8O2.C2HF3O2/c1-18-3-2-4-29(27-11-19(9-10-37-27)23-7-5-20(31(34)35)12-26(23)39-32(18)45)42-17-38-25(14-30(42)44)24-13-21(33)6-8-28(24)43-16-22(15-36)40-41-43;3-2(4,5)1(6)7/h5-14,16-18,29,31H,2-4H2,1H3,(H,39,45);(H,6,7)/t18-,29+;/m1./s1. The van der Waals surface area contributed by atoms with E-state index in [1.54, 1.807) is 49.5 Å². The molecule has 4 heterocycles. The number of alkyl halides is 5. The van der Waals surface area contributed by atoms with Crippen LogP contribution in [0.2, 0.25) is 5.02 Å². The number of carboxylic acids is 1. The average molecular weight is 741 g/mol. The van der Waals surface area contributed by atoms with Gasteiger partial charge in [-0.05, 0) is 54.8 Å². The zero-order valence-electron chi connectivity index (χ0n) is 26.9. The third kappa shape index (κ3) is 8.46. The Hall–Kier alpha value is -6.02. The van der Waals surface area contributed by atoms with Crippen molar-refractivity contribution in [1.29, 1.82) is 5.26 Å². The number of rotatable bonds is 4. The summed E-state index contributed by atoms with van der Waals surface area (Å²) in [4.78, 5) is 44.9. The number of aliphatic carboxylic acids is 1. The van der Waals surface area contributed by atoms with Crippen LogP contribution in [0, 0.1) is 17.2 Å². The third-order valence-corrected chi connectivity index (χ3v) is 8.29. The molecular formula is C34H26ClF5N8O4. The van der Waals surface area contributed by atoms with Crippen molar-refractivity contribution < 1.29 is 36.6 Å². The fraction of sp³-hybridized carbons (Fsp3) is 0.235. The van der Waals surface area contributed by atoms with Crippen molar-refractivity contribution in [2.75, 3.05) is 5.32 Å². The lowest BCUT2D eigenvalue weighted by atomic mass is 9.95. The van der Waals surface area contributed by atoms with Gasteiger partial charge in [-0.3, -0.25) is 19.1 Å². The quantitative estimate of drug-likeness (QED) is 0.184. The largest absolute Gasteiger partial charge is 0.490 e. The number of amides is 1. The van der Waals surface area contributed by atoms with Crippen molar-refractivity contribution in [1.82, 2.24) is 29.5 Å². The Balaban J connectivity index is 0.000000679. The highest BCUT2D eigenvalue weighted by Crippen LogP contribution is 2.35. The second kappa shape index (κ2) is 15.5. The number of hydrogen-bond acceptors (Lipinski definition) is 8. The summed E-state index contributed by atoms with van der Waals surface area (Å²) in [6.45, 7) is 1.78. The van der Waals surface area contributed by atoms with E-state index in [0.717, 1.165) is 0 Å². The second-order valence-electron chi connectivity index (χ2n) is 11.6. The number of aromatic nitrogens is 6. The lowest BCUT2D eigenvalue weighted by Gasteiger charge is -2.23. The number of nitrogens with one attached hydrogen (secondary N) is 1. The van der Waals surface area contributed by atoms with Gasteiger partial charge in [-0.1, -0.05) is 42.3 Å². The molecule has 2 bridgehead atoms. The number of fused-ring (bicyclic) bond motifs is 4. The van der Waals surface area contributed by atoms with Gasteiger partial charge in [-0.15, -0.1) is 5.10 Å². The summed E-state index contributed by atoms with van der Waals surface area (Å²) in [5, 5.41) is 27.4. The van der Waals surface area contributed by atoms with E-state index < -0.39 is 30.5 Å². The van der Waals surface area contributed by atoms with E-state index in [9.17, 15) is 36.8 Å². The number of halogens is 6. The molecule has 0 fully saturated rings. The molecule has 52 heavy (non-hydrogen) atoms. The van der Waals surface area contributed by atoms with Gasteiger partial charge in [0, 0.05) is 45.6 Å². The third-order valence-electron chi connectivity index (χ3n) is 8.05. The van der Waals surface area contributed by atoms with Crippen LogP contribution in [-0.2, 0) is 9.59 Å². The van der Waals surface area contributed by atoms with Crippen molar-refractivity contribution in [3.8, 4) is 34.1 Å². The van der Waals surface area contributed by atoms with E-state index in [0.29, 0.717) is 58.1 Å². The first-order chi connectivity index (χ1) is 24.7. The van der Waals surface area contributed by atoms with Gasteiger partial charge in [0.1, 0.15) is 6.07 Å². The SMILES string of the molecule is C[C@@H]1CCC[C@H](n2cnc(-c3cc(Cl)ccc3-n3cc(C#N)nn3)cc2=O)c2cc(ccn2)-c2ccc(C(F)F)cc2NC1=O.O=C(O)C(F)(F)F. The second-order valence-corrected chi connectivity index (χ2v) is 12.0. The minimum Gasteiger partial charge on any atom is -0.475 e. The highest BCUT2D eigenvalue weighted by Gasteiger charge is 2.38. The monoisotopic (exact) mass is 740 g/mol. The van der Waals surface area contributed by atoms with Gasteiger partial charge < -0.3 is 10.4 Å². The first-order valence-electron chi connectivity index (χ1n) is 15.4. The average Bonchev–Trinajstić information content (AvgIpc) is 3.59. The van der Waals surface area contributed by atoms with Crippen molar-refractivity contribution in [3.63, 3.8) is 0 Å². The van der Waals surface area contributed by atoms with E-state index in [4.69, 9.17) is 21.5 Å². The number of benzene rings is 2. The normalized spacial score (nSPS) is 15.9. The van der Waals surface area contributed by atoms with E-state index in [-0.39, 0.29) is 28.4 Å².